The molecule has 33 heavy (non-hydrogen) atoms. The van der Waals surface area contributed by atoms with Crippen LogP contribution >= 0.6 is 0 Å². The highest BCUT2D eigenvalue weighted by Gasteiger charge is 2.07. The van der Waals surface area contributed by atoms with E-state index >= 15 is 0 Å². The smallest absolute Gasteiger partial charge is 0.0470 e. The molecule has 0 aliphatic heterocycles. The lowest BCUT2D eigenvalue weighted by Crippen LogP contribution is -1.92. The van der Waals surface area contributed by atoms with Crippen LogP contribution in [0.1, 0.15) is 0 Å². The van der Waals surface area contributed by atoms with Crippen molar-refractivity contribution in [1.29, 1.82) is 0 Å². The first-order valence-corrected chi connectivity index (χ1v) is 11.3. The van der Waals surface area contributed by atoms with Gasteiger partial charge < -0.3 is 5.32 Å². The number of benzene rings is 6. The Hall–Kier alpha value is -4.36. The molecule has 0 saturated heterocycles. The van der Waals surface area contributed by atoms with E-state index in [-0.39, 0.29) is 0 Å². The summed E-state index contributed by atoms with van der Waals surface area (Å²) < 4.78 is 0. The summed E-state index contributed by atoms with van der Waals surface area (Å²) in [4.78, 5) is 0. The van der Waals surface area contributed by atoms with Crippen LogP contribution in [0.25, 0.3) is 43.8 Å². The van der Waals surface area contributed by atoms with Gasteiger partial charge in [0.2, 0.25) is 0 Å². The first kappa shape index (κ1) is 19.3. The van der Waals surface area contributed by atoms with E-state index in [0.29, 0.717) is 0 Å². The molecule has 0 amide bonds. The summed E-state index contributed by atoms with van der Waals surface area (Å²) in [6.45, 7) is 0. The number of anilines is 2. The zero-order chi connectivity index (χ0) is 22.0. The molecule has 6 aromatic rings. The van der Waals surface area contributed by atoms with Gasteiger partial charge >= 0.3 is 0 Å². The Bertz CT molecular complexity index is 1560. The first-order valence-electron chi connectivity index (χ1n) is 11.3. The molecule has 0 aliphatic carbocycles. The van der Waals surface area contributed by atoms with Crippen molar-refractivity contribution in [1.82, 2.24) is 0 Å². The molecule has 6 aromatic carbocycles. The third-order valence-electron chi connectivity index (χ3n) is 6.23. The van der Waals surface area contributed by atoms with Crippen molar-refractivity contribution in [2.24, 2.45) is 0 Å². The Morgan fingerprint density at radius 3 is 1.70 bits per heavy atom. The monoisotopic (exact) mass is 421 g/mol. The summed E-state index contributed by atoms with van der Waals surface area (Å²) in [5, 5.41) is 8.69. The second-order valence-corrected chi connectivity index (χ2v) is 8.34. The minimum absolute atomic E-state index is 1.08. The fraction of sp³-hybridized carbons (Fsp3) is 0. The molecular formula is C32H23N. The molecule has 156 valence electrons. The van der Waals surface area contributed by atoms with Crippen LogP contribution in [0.15, 0.2) is 133 Å². The second kappa shape index (κ2) is 8.29. The topological polar surface area (TPSA) is 12.0 Å². The highest BCUT2D eigenvalue weighted by atomic mass is 14.9. The zero-order valence-electron chi connectivity index (χ0n) is 18.2. The summed E-state index contributed by atoms with van der Waals surface area (Å²) in [6.07, 6.45) is 0. The Balaban J connectivity index is 1.33. The Morgan fingerprint density at radius 2 is 0.939 bits per heavy atom. The van der Waals surface area contributed by atoms with Crippen molar-refractivity contribution in [3.8, 4) is 22.3 Å². The standard InChI is InChI=1S/C32H23N/c1-2-9-23(10-3-1)25-12-8-13-26(21-25)24-17-19-28(20-18-24)33-32-22-27-11-4-5-14-29(27)30-15-6-7-16-31(30)32/h1-22,33H. The summed E-state index contributed by atoms with van der Waals surface area (Å²) in [5.41, 5.74) is 7.11. The number of nitrogens with one attached hydrogen (secondary N) is 1. The first-order chi connectivity index (χ1) is 16.3. The van der Waals surface area contributed by atoms with Crippen LogP contribution in [0.5, 0.6) is 0 Å². The average molecular weight is 422 g/mol. The molecule has 0 unspecified atom stereocenters. The van der Waals surface area contributed by atoms with Crippen LogP contribution in [0.3, 0.4) is 0 Å². The fourth-order valence-corrected chi connectivity index (χ4v) is 4.57. The van der Waals surface area contributed by atoms with E-state index in [2.05, 4.69) is 139 Å². The summed E-state index contributed by atoms with van der Waals surface area (Å²) in [7, 11) is 0. The van der Waals surface area contributed by atoms with Gasteiger partial charge in [-0.2, -0.15) is 0 Å². The lowest BCUT2D eigenvalue weighted by molar-refractivity contribution is 1.56. The van der Waals surface area contributed by atoms with Gasteiger partial charge in [-0.15, -0.1) is 0 Å². The predicted molar refractivity (Wildman–Crippen MR) is 142 cm³/mol. The Labute approximate surface area is 194 Å². The van der Waals surface area contributed by atoms with Crippen LogP contribution in [0.4, 0.5) is 11.4 Å². The molecule has 1 nitrogen and oxygen atoms in total. The van der Waals surface area contributed by atoms with Crippen LogP contribution in [-0.2, 0) is 0 Å². The van der Waals surface area contributed by atoms with E-state index in [1.54, 1.807) is 0 Å². The molecule has 0 bridgehead atoms. The molecule has 0 aromatic heterocycles. The van der Waals surface area contributed by atoms with Crippen LogP contribution in [-0.4, -0.2) is 0 Å². The van der Waals surface area contributed by atoms with Gasteiger partial charge in [-0.25, -0.2) is 0 Å². The predicted octanol–water partition coefficient (Wildman–Crippen LogP) is 9.07. The highest BCUT2D eigenvalue weighted by Crippen LogP contribution is 2.34. The molecule has 0 saturated carbocycles. The van der Waals surface area contributed by atoms with Gasteiger partial charge in [-0.3, -0.25) is 0 Å². The normalized spacial score (nSPS) is 11.0. The van der Waals surface area contributed by atoms with Crippen LogP contribution < -0.4 is 5.32 Å². The average Bonchev–Trinajstić information content (AvgIpc) is 2.90. The lowest BCUT2D eigenvalue weighted by atomic mass is 9.98. The largest absolute Gasteiger partial charge is 0.355 e. The number of rotatable bonds is 4. The molecule has 0 aliphatic rings. The molecule has 0 radical (unpaired) electrons. The summed E-state index contributed by atoms with van der Waals surface area (Å²) in [5.74, 6) is 0. The maximum absolute atomic E-state index is 3.65. The van der Waals surface area contributed by atoms with Gasteiger partial charge in [0.25, 0.3) is 0 Å². The number of hydrogen-bond acceptors (Lipinski definition) is 1. The fourth-order valence-electron chi connectivity index (χ4n) is 4.57. The van der Waals surface area contributed by atoms with E-state index < -0.39 is 0 Å². The molecule has 0 atom stereocenters. The zero-order valence-corrected chi connectivity index (χ0v) is 18.2. The van der Waals surface area contributed by atoms with Crippen molar-refractivity contribution in [3.05, 3.63) is 133 Å². The second-order valence-electron chi connectivity index (χ2n) is 8.34. The number of hydrogen-bond donors (Lipinski definition) is 1. The van der Waals surface area contributed by atoms with Gasteiger partial charge in [-0.05, 0) is 62.7 Å². The quantitative estimate of drug-likeness (QED) is 0.280. The third kappa shape index (κ3) is 3.75. The van der Waals surface area contributed by atoms with Crippen molar-refractivity contribution in [2.75, 3.05) is 5.32 Å². The van der Waals surface area contributed by atoms with E-state index in [4.69, 9.17) is 0 Å². The lowest BCUT2D eigenvalue weighted by Gasteiger charge is -2.13. The molecule has 1 N–H and O–H groups in total. The third-order valence-corrected chi connectivity index (χ3v) is 6.23. The van der Waals surface area contributed by atoms with Gasteiger partial charge in [0.1, 0.15) is 0 Å². The van der Waals surface area contributed by atoms with Crippen molar-refractivity contribution >= 4 is 32.9 Å². The maximum Gasteiger partial charge on any atom is 0.0470 e. The van der Waals surface area contributed by atoms with E-state index in [9.17, 15) is 0 Å². The Morgan fingerprint density at radius 1 is 0.364 bits per heavy atom. The van der Waals surface area contributed by atoms with Crippen molar-refractivity contribution in [3.63, 3.8) is 0 Å². The maximum atomic E-state index is 3.65. The highest BCUT2D eigenvalue weighted by molar-refractivity contribution is 6.13. The van der Waals surface area contributed by atoms with E-state index in [1.807, 2.05) is 0 Å². The molecule has 0 heterocycles. The van der Waals surface area contributed by atoms with Gasteiger partial charge in [0, 0.05) is 16.8 Å². The minimum Gasteiger partial charge on any atom is -0.355 e. The molecule has 1 heteroatoms. The number of fused-ring (bicyclic) bond motifs is 3. The molecule has 0 fully saturated rings. The van der Waals surface area contributed by atoms with Gasteiger partial charge in [0.15, 0.2) is 0 Å². The van der Waals surface area contributed by atoms with Crippen LogP contribution in [0.2, 0.25) is 0 Å². The summed E-state index contributed by atoms with van der Waals surface area (Å²) in [6, 6.07) is 47.4. The SMILES string of the molecule is c1ccc(-c2cccc(-c3ccc(Nc4cc5ccccc5c5ccccc45)cc3)c2)cc1. The van der Waals surface area contributed by atoms with E-state index in [0.717, 1.165) is 11.4 Å². The van der Waals surface area contributed by atoms with Crippen molar-refractivity contribution < 1.29 is 0 Å². The van der Waals surface area contributed by atoms with Crippen LogP contribution in [0, 0.1) is 0 Å². The molecule has 6 rings (SSSR count). The minimum atomic E-state index is 1.08. The molecular weight excluding hydrogens is 398 g/mol. The van der Waals surface area contributed by atoms with Gasteiger partial charge in [-0.1, -0.05) is 109 Å². The van der Waals surface area contributed by atoms with Gasteiger partial charge in [0.05, 0.1) is 0 Å². The van der Waals surface area contributed by atoms with Crippen molar-refractivity contribution in [2.45, 2.75) is 0 Å². The Kier molecular flexibility index (Phi) is 4.86. The summed E-state index contributed by atoms with van der Waals surface area (Å²) >= 11 is 0. The van der Waals surface area contributed by atoms with E-state index in [1.165, 1.54) is 43.8 Å². The molecule has 0 spiro atoms.